The molecule has 0 fully saturated rings. The molecule has 25 heavy (non-hydrogen) atoms. The third kappa shape index (κ3) is 3.99. The first-order valence-corrected chi connectivity index (χ1v) is 8.34. The molecule has 0 saturated carbocycles. The van der Waals surface area contributed by atoms with Gasteiger partial charge in [-0.15, -0.1) is 0 Å². The molecule has 0 unspecified atom stereocenters. The number of anilines is 1. The van der Waals surface area contributed by atoms with Crippen LogP contribution in [0.2, 0.25) is 0 Å². The Labute approximate surface area is 147 Å². The van der Waals surface area contributed by atoms with Crippen molar-refractivity contribution in [2.45, 2.75) is 26.7 Å². The molecule has 2 amide bonds. The van der Waals surface area contributed by atoms with Crippen LogP contribution in [0.3, 0.4) is 0 Å². The minimum absolute atomic E-state index is 0.300. The number of nitrogens with one attached hydrogen (secondary N) is 2. The Hall–Kier alpha value is -2.83. The molecule has 0 bridgehead atoms. The van der Waals surface area contributed by atoms with E-state index in [4.69, 9.17) is 4.74 Å². The van der Waals surface area contributed by atoms with E-state index in [0.29, 0.717) is 41.4 Å². The second-order valence-electron chi connectivity index (χ2n) is 5.51. The van der Waals surface area contributed by atoms with Crippen LogP contribution >= 0.6 is 0 Å². The Morgan fingerprint density at radius 1 is 1.20 bits per heavy atom. The van der Waals surface area contributed by atoms with Gasteiger partial charge in [0.2, 0.25) is 0 Å². The van der Waals surface area contributed by atoms with Gasteiger partial charge in [0, 0.05) is 14.1 Å². The monoisotopic (exact) mass is 344 g/mol. The lowest BCUT2D eigenvalue weighted by molar-refractivity contribution is 0.0954. The molecule has 0 spiro atoms. The number of carbonyl (C=O) groups is 2. The van der Waals surface area contributed by atoms with Crippen LogP contribution in [0.4, 0.5) is 5.69 Å². The zero-order valence-electron chi connectivity index (χ0n) is 15.0. The average molecular weight is 344 g/mol. The summed E-state index contributed by atoms with van der Waals surface area (Å²) in [6, 6.07) is 7.02. The van der Waals surface area contributed by atoms with E-state index < -0.39 is 0 Å². The predicted molar refractivity (Wildman–Crippen MR) is 96.2 cm³/mol. The van der Waals surface area contributed by atoms with E-state index in [9.17, 15) is 9.59 Å². The van der Waals surface area contributed by atoms with E-state index >= 15 is 0 Å². The van der Waals surface area contributed by atoms with Crippen LogP contribution in [0.1, 0.15) is 46.8 Å². The van der Waals surface area contributed by atoms with Gasteiger partial charge < -0.3 is 15.4 Å². The molecule has 0 aliphatic rings. The molecule has 134 valence electrons. The zero-order chi connectivity index (χ0) is 18.4. The standard InChI is InChI=1S/C18H24N4O3/c1-5-9-13-15(16(18(24)19-3)22(4)21-13)20-17(23)12-10-7-8-11-14(12)25-6-2/h7-8,10-11H,5-6,9H2,1-4H3,(H,19,24)(H,20,23). The van der Waals surface area contributed by atoms with Gasteiger partial charge in [-0.1, -0.05) is 25.5 Å². The molecule has 7 heteroatoms. The fraction of sp³-hybridized carbons (Fsp3) is 0.389. The Bertz CT molecular complexity index is 768. The minimum atomic E-state index is -0.334. The molecule has 2 aromatic rings. The van der Waals surface area contributed by atoms with Crippen molar-refractivity contribution in [3.05, 3.63) is 41.2 Å². The highest BCUT2D eigenvalue weighted by atomic mass is 16.5. The molecule has 1 aromatic carbocycles. The number of aromatic nitrogens is 2. The lowest BCUT2D eigenvalue weighted by Crippen LogP contribution is -2.24. The third-order valence-corrected chi connectivity index (χ3v) is 3.72. The van der Waals surface area contributed by atoms with E-state index in [2.05, 4.69) is 15.7 Å². The van der Waals surface area contributed by atoms with Crippen LogP contribution in [-0.4, -0.2) is 35.2 Å². The fourth-order valence-corrected chi connectivity index (χ4v) is 2.62. The largest absolute Gasteiger partial charge is 0.493 e. The van der Waals surface area contributed by atoms with E-state index in [1.54, 1.807) is 32.3 Å². The topological polar surface area (TPSA) is 85.3 Å². The molecular weight excluding hydrogens is 320 g/mol. The van der Waals surface area contributed by atoms with Crippen molar-refractivity contribution in [1.82, 2.24) is 15.1 Å². The summed E-state index contributed by atoms with van der Waals surface area (Å²) in [5, 5.41) is 9.82. The number of nitrogens with zero attached hydrogens (tertiary/aromatic N) is 2. The molecule has 2 N–H and O–H groups in total. The zero-order valence-corrected chi connectivity index (χ0v) is 15.0. The van der Waals surface area contributed by atoms with Crippen molar-refractivity contribution in [2.24, 2.45) is 7.05 Å². The second kappa shape index (κ2) is 8.32. The van der Waals surface area contributed by atoms with Crippen LogP contribution < -0.4 is 15.4 Å². The van der Waals surface area contributed by atoms with Crippen LogP contribution in [0.5, 0.6) is 5.75 Å². The molecule has 1 aromatic heterocycles. The Balaban J connectivity index is 2.42. The molecule has 0 saturated heterocycles. The van der Waals surface area contributed by atoms with Crippen molar-refractivity contribution < 1.29 is 14.3 Å². The highest BCUT2D eigenvalue weighted by Crippen LogP contribution is 2.25. The van der Waals surface area contributed by atoms with E-state index in [1.165, 1.54) is 4.68 Å². The molecule has 0 radical (unpaired) electrons. The fourth-order valence-electron chi connectivity index (χ4n) is 2.62. The van der Waals surface area contributed by atoms with Crippen LogP contribution in [0, 0.1) is 0 Å². The summed E-state index contributed by atoms with van der Waals surface area (Å²) >= 11 is 0. The molecule has 7 nitrogen and oxygen atoms in total. The van der Waals surface area contributed by atoms with Gasteiger partial charge in [-0.3, -0.25) is 14.3 Å². The predicted octanol–water partition coefficient (Wildman–Crippen LogP) is 2.38. The summed E-state index contributed by atoms with van der Waals surface area (Å²) in [6.07, 6.45) is 1.51. The highest BCUT2D eigenvalue weighted by Gasteiger charge is 2.24. The van der Waals surface area contributed by atoms with Gasteiger partial charge in [-0.25, -0.2) is 0 Å². The number of aryl methyl sites for hydroxylation is 2. The van der Waals surface area contributed by atoms with Crippen molar-refractivity contribution in [3.63, 3.8) is 0 Å². The molecule has 1 heterocycles. The quantitative estimate of drug-likeness (QED) is 0.807. The van der Waals surface area contributed by atoms with E-state index in [0.717, 1.165) is 6.42 Å². The van der Waals surface area contributed by atoms with Crippen molar-refractivity contribution in [2.75, 3.05) is 19.0 Å². The van der Waals surface area contributed by atoms with Gasteiger partial charge in [0.1, 0.15) is 11.4 Å². The lowest BCUT2D eigenvalue weighted by atomic mass is 10.1. The van der Waals surface area contributed by atoms with E-state index in [-0.39, 0.29) is 11.8 Å². The van der Waals surface area contributed by atoms with Crippen molar-refractivity contribution in [1.29, 1.82) is 0 Å². The SMILES string of the molecule is CCCc1nn(C)c(C(=O)NC)c1NC(=O)c1ccccc1OCC. The number of rotatable bonds is 7. The first kappa shape index (κ1) is 18.5. The van der Waals surface area contributed by atoms with Gasteiger partial charge >= 0.3 is 0 Å². The maximum atomic E-state index is 12.8. The summed E-state index contributed by atoms with van der Waals surface area (Å²) in [4.78, 5) is 25.0. The van der Waals surface area contributed by atoms with Gasteiger partial charge in [-0.05, 0) is 25.5 Å². The Morgan fingerprint density at radius 2 is 1.92 bits per heavy atom. The normalized spacial score (nSPS) is 10.4. The minimum Gasteiger partial charge on any atom is -0.493 e. The lowest BCUT2D eigenvalue weighted by Gasteiger charge is -2.12. The first-order chi connectivity index (χ1) is 12.0. The van der Waals surface area contributed by atoms with Crippen molar-refractivity contribution >= 4 is 17.5 Å². The summed E-state index contributed by atoms with van der Waals surface area (Å²) in [5.74, 6) is -0.129. The maximum Gasteiger partial charge on any atom is 0.271 e. The molecular formula is C18H24N4O3. The Morgan fingerprint density at radius 3 is 2.56 bits per heavy atom. The summed E-state index contributed by atoms with van der Waals surface area (Å²) in [5.41, 5.74) is 1.87. The number of hydrogen-bond donors (Lipinski definition) is 2. The molecule has 2 rings (SSSR count). The number of benzene rings is 1. The van der Waals surface area contributed by atoms with Crippen molar-refractivity contribution in [3.8, 4) is 5.75 Å². The van der Waals surface area contributed by atoms with Gasteiger partial charge in [0.15, 0.2) is 0 Å². The van der Waals surface area contributed by atoms with Gasteiger partial charge in [-0.2, -0.15) is 5.10 Å². The highest BCUT2D eigenvalue weighted by molar-refractivity contribution is 6.10. The molecule has 0 atom stereocenters. The summed E-state index contributed by atoms with van der Waals surface area (Å²) in [7, 11) is 3.23. The third-order valence-electron chi connectivity index (χ3n) is 3.72. The first-order valence-electron chi connectivity index (χ1n) is 8.34. The summed E-state index contributed by atoms with van der Waals surface area (Å²) in [6.45, 7) is 4.34. The van der Waals surface area contributed by atoms with Crippen LogP contribution in [-0.2, 0) is 13.5 Å². The molecule has 0 aliphatic heterocycles. The van der Waals surface area contributed by atoms with Gasteiger partial charge in [0.25, 0.3) is 11.8 Å². The number of para-hydroxylation sites is 1. The number of amides is 2. The summed E-state index contributed by atoms with van der Waals surface area (Å²) < 4.78 is 7.01. The number of ether oxygens (including phenoxy) is 1. The van der Waals surface area contributed by atoms with Crippen LogP contribution in [0.15, 0.2) is 24.3 Å². The smallest absolute Gasteiger partial charge is 0.271 e. The number of carbonyl (C=O) groups excluding carboxylic acids is 2. The average Bonchev–Trinajstić information content (AvgIpc) is 2.90. The molecule has 0 aliphatic carbocycles. The maximum absolute atomic E-state index is 12.8. The van der Waals surface area contributed by atoms with Crippen LogP contribution in [0.25, 0.3) is 0 Å². The van der Waals surface area contributed by atoms with Gasteiger partial charge in [0.05, 0.1) is 23.6 Å². The number of hydrogen-bond acceptors (Lipinski definition) is 4. The van der Waals surface area contributed by atoms with E-state index in [1.807, 2.05) is 19.9 Å². The Kier molecular flexibility index (Phi) is 6.16. The second-order valence-corrected chi connectivity index (χ2v) is 5.51.